The molecule has 2 heterocycles. The van der Waals surface area contributed by atoms with E-state index in [-0.39, 0.29) is 12.5 Å². The molecule has 1 aromatic rings. The molecule has 1 unspecified atom stereocenters. The lowest BCUT2D eigenvalue weighted by Crippen LogP contribution is -2.53. The van der Waals surface area contributed by atoms with Crippen molar-refractivity contribution in [2.45, 2.75) is 31.9 Å². The molecule has 0 radical (unpaired) electrons. The molecule has 1 amide bonds. The SMILES string of the molecule is CN1CCCCC1CN1CCN(C(=O)c2cccc(CO)c2)CC1. The molecule has 0 aliphatic carbocycles. The van der Waals surface area contributed by atoms with Gasteiger partial charge in [-0.05, 0) is 44.1 Å². The molecule has 1 aromatic carbocycles. The average Bonchev–Trinajstić information content (AvgIpc) is 2.64. The third-order valence-electron chi connectivity index (χ3n) is 5.41. The molecular formula is C19H29N3O2. The predicted molar refractivity (Wildman–Crippen MR) is 95.0 cm³/mol. The van der Waals surface area contributed by atoms with E-state index in [1.165, 1.54) is 25.8 Å². The summed E-state index contributed by atoms with van der Waals surface area (Å²) in [6, 6.07) is 7.99. The van der Waals surface area contributed by atoms with Crippen LogP contribution in [0.3, 0.4) is 0 Å². The minimum atomic E-state index is -0.0240. The third kappa shape index (κ3) is 4.15. The Hall–Kier alpha value is -1.43. The van der Waals surface area contributed by atoms with Crippen molar-refractivity contribution in [1.29, 1.82) is 0 Å². The predicted octanol–water partition coefficient (Wildman–Crippen LogP) is 1.42. The fraction of sp³-hybridized carbons (Fsp3) is 0.632. The van der Waals surface area contributed by atoms with E-state index in [1.807, 2.05) is 23.1 Å². The van der Waals surface area contributed by atoms with Crippen molar-refractivity contribution in [3.63, 3.8) is 0 Å². The fourth-order valence-corrected chi connectivity index (χ4v) is 3.79. The molecule has 0 saturated carbocycles. The van der Waals surface area contributed by atoms with Gasteiger partial charge in [0.15, 0.2) is 0 Å². The number of aliphatic hydroxyl groups excluding tert-OH is 1. The van der Waals surface area contributed by atoms with Crippen LogP contribution in [0.15, 0.2) is 24.3 Å². The van der Waals surface area contributed by atoms with E-state index in [4.69, 9.17) is 0 Å². The second kappa shape index (κ2) is 8.10. The largest absolute Gasteiger partial charge is 0.392 e. The van der Waals surface area contributed by atoms with Gasteiger partial charge in [0.25, 0.3) is 5.91 Å². The molecule has 2 fully saturated rings. The lowest BCUT2D eigenvalue weighted by atomic mass is 10.0. The monoisotopic (exact) mass is 331 g/mol. The van der Waals surface area contributed by atoms with Crippen LogP contribution in [0, 0.1) is 0 Å². The molecule has 24 heavy (non-hydrogen) atoms. The zero-order valence-corrected chi connectivity index (χ0v) is 14.7. The number of amides is 1. The van der Waals surface area contributed by atoms with Gasteiger partial charge in [-0.3, -0.25) is 9.69 Å². The summed E-state index contributed by atoms with van der Waals surface area (Å²) >= 11 is 0. The van der Waals surface area contributed by atoms with Crippen molar-refractivity contribution in [2.24, 2.45) is 0 Å². The van der Waals surface area contributed by atoms with Crippen molar-refractivity contribution >= 4 is 5.91 Å². The van der Waals surface area contributed by atoms with Gasteiger partial charge < -0.3 is 14.9 Å². The van der Waals surface area contributed by atoms with Gasteiger partial charge in [-0.15, -0.1) is 0 Å². The summed E-state index contributed by atoms with van der Waals surface area (Å²) in [5.41, 5.74) is 1.47. The molecule has 2 saturated heterocycles. The number of rotatable bonds is 4. The number of benzene rings is 1. The maximum absolute atomic E-state index is 12.6. The van der Waals surface area contributed by atoms with E-state index in [0.29, 0.717) is 11.6 Å². The number of carbonyl (C=O) groups excluding carboxylic acids is 1. The summed E-state index contributed by atoms with van der Waals surface area (Å²) in [4.78, 5) is 19.6. The highest BCUT2D eigenvalue weighted by molar-refractivity contribution is 5.94. The van der Waals surface area contributed by atoms with Gasteiger partial charge in [-0.2, -0.15) is 0 Å². The first-order chi connectivity index (χ1) is 11.7. The summed E-state index contributed by atoms with van der Waals surface area (Å²) in [7, 11) is 2.23. The van der Waals surface area contributed by atoms with E-state index in [1.54, 1.807) is 6.07 Å². The molecule has 5 heteroatoms. The zero-order chi connectivity index (χ0) is 16.9. The van der Waals surface area contributed by atoms with Crippen LogP contribution in [0.25, 0.3) is 0 Å². The van der Waals surface area contributed by atoms with Crippen molar-refractivity contribution in [3.8, 4) is 0 Å². The van der Waals surface area contributed by atoms with Crippen molar-refractivity contribution in [2.75, 3.05) is 46.3 Å². The van der Waals surface area contributed by atoms with Crippen LogP contribution in [0.1, 0.15) is 35.2 Å². The summed E-state index contributed by atoms with van der Waals surface area (Å²) in [6.07, 6.45) is 3.96. The molecular weight excluding hydrogens is 302 g/mol. The molecule has 1 atom stereocenters. The van der Waals surface area contributed by atoms with Crippen LogP contribution in [0.5, 0.6) is 0 Å². The highest BCUT2D eigenvalue weighted by Crippen LogP contribution is 2.17. The van der Waals surface area contributed by atoms with Crippen LogP contribution in [0.2, 0.25) is 0 Å². The Kier molecular flexibility index (Phi) is 5.87. The quantitative estimate of drug-likeness (QED) is 0.906. The van der Waals surface area contributed by atoms with Crippen molar-refractivity contribution < 1.29 is 9.90 Å². The minimum absolute atomic E-state index is 0.0240. The van der Waals surface area contributed by atoms with Crippen molar-refractivity contribution in [1.82, 2.24) is 14.7 Å². The van der Waals surface area contributed by atoms with Crippen LogP contribution in [-0.2, 0) is 6.61 Å². The van der Waals surface area contributed by atoms with E-state index in [2.05, 4.69) is 16.8 Å². The lowest BCUT2D eigenvalue weighted by Gasteiger charge is -2.40. The summed E-state index contributed by atoms with van der Waals surface area (Å²) in [5.74, 6) is 0.0831. The topological polar surface area (TPSA) is 47.0 Å². The molecule has 0 bridgehead atoms. The highest BCUT2D eigenvalue weighted by atomic mass is 16.3. The van der Waals surface area contributed by atoms with Gasteiger partial charge >= 0.3 is 0 Å². The van der Waals surface area contributed by atoms with Crippen LogP contribution < -0.4 is 0 Å². The molecule has 0 spiro atoms. The number of likely N-dealkylation sites (N-methyl/N-ethyl adjacent to an activating group) is 1. The first-order valence-electron chi connectivity index (χ1n) is 9.09. The fourth-order valence-electron chi connectivity index (χ4n) is 3.79. The Morgan fingerprint density at radius 3 is 2.67 bits per heavy atom. The normalized spacial score (nSPS) is 23.4. The molecule has 1 N–H and O–H groups in total. The van der Waals surface area contributed by atoms with Crippen LogP contribution in [-0.4, -0.2) is 78.1 Å². The Bertz CT molecular complexity index is 555. The Balaban J connectivity index is 1.51. The standard InChI is InChI=1S/C19H29N3O2/c1-20-8-3-2-7-18(20)14-21-9-11-22(12-10-21)19(24)17-6-4-5-16(13-17)15-23/h4-6,13,18,23H,2-3,7-12,14-15H2,1H3. The molecule has 3 rings (SSSR count). The maximum atomic E-state index is 12.6. The van der Waals surface area contributed by atoms with Crippen LogP contribution >= 0.6 is 0 Å². The van der Waals surface area contributed by atoms with Gasteiger partial charge in [-0.1, -0.05) is 18.6 Å². The summed E-state index contributed by atoms with van der Waals surface area (Å²) in [6.45, 7) is 5.80. The smallest absolute Gasteiger partial charge is 0.253 e. The maximum Gasteiger partial charge on any atom is 0.253 e. The number of piperidine rings is 1. The van der Waals surface area contributed by atoms with Gasteiger partial charge in [0, 0.05) is 44.3 Å². The number of hydrogen-bond acceptors (Lipinski definition) is 4. The third-order valence-corrected chi connectivity index (χ3v) is 5.41. The van der Waals surface area contributed by atoms with Crippen molar-refractivity contribution in [3.05, 3.63) is 35.4 Å². The number of carbonyl (C=O) groups is 1. The van der Waals surface area contributed by atoms with Gasteiger partial charge in [-0.25, -0.2) is 0 Å². The second-order valence-electron chi connectivity index (χ2n) is 7.08. The Morgan fingerprint density at radius 2 is 1.96 bits per heavy atom. The first kappa shape index (κ1) is 17.4. The first-order valence-corrected chi connectivity index (χ1v) is 9.09. The molecule has 2 aliphatic rings. The van der Waals surface area contributed by atoms with E-state index < -0.39 is 0 Å². The lowest BCUT2D eigenvalue weighted by molar-refractivity contribution is 0.0564. The van der Waals surface area contributed by atoms with Crippen LogP contribution in [0.4, 0.5) is 0 Å². The number of aliphatic hydroxyl groups is 1. The molecule has 2 aliphatic heterocycles. The van der Waals surface area contributed by atoms with Gasteiger partial charge in [0.2, 0.25) is 0 Å². The average molecular weight is 331 g/mol. The summed E-state index contributed by atoms with van der Waals surface area (Å²) in [5, 5.41) is 9.23. The number of hydrogen-bond donors (Lipinski definition) is 1. The zero-order valence-electron chi connectivity index (χ0n) is 14.7. The number of likely N-dealkylation sites (tertiary alicyclic amines) is 1. The highest BCUT2D eigenvalue weighted by Gasteiger charge is 2.26. The van der Waals surface area contributed by atoms with Gasteiger partial charge in [0.1, 0.15) is 0 Å². The molecule has 132 valence electrons. The number of nitrogens with zero attached hydrogens (tertiary/aromatic N) is 3. The van der Waals surface area contributed by atoms with Gasteiger partial charge in [0.05, 0.1) is 6.61 Å². The Labute approximate surface area is 144 Å². The Morgan fingerprint density at radius 1 is 1.17 bits per heavy atom. The van der Waals surface area contributed by atoms with E-state index in [0.717, 1.165) is 38.3 Å². The summed E-state index contributed by atoms with van der Waals surface area (Å²) < 4.78 is 0. The van der Waals surface area contributed by atoms with E-state index in [9.17, 15) is 9.90 Å². The minimum Gasteiger partial charge on any atom is -0.392 e. The number of piperazine rings is 1. The molecule has 0 aromatic heterocycles. The van der Waals surface area contributed by atoms with E-state index >= 15 is 0 Å². The molecule has 5 nitrogen and oxygen atoms in total. The second-order valence-corrected chi connectivity index (χ2v) is 7.08.